The lowest BCUT2D eigenvalue weighted by molar-refractivity contribution is -0.227. The van der Waals surface area contributed by atoms with E-state index in [9.17, 15) is 24.0 Å². The molecule has 254 valence electrons. The number of carbonyl (C=O) groups excluding carboxylic acids is 5. The predicted octanol–water partition coefficient (Wildman–Crippen LogP) is 3.44. The Labute approximate surface area is 276 Å². The van der Waals surface area contributed by atoms with E-state index < -0.39 is 53.8 Å². The zero-order chi connectivity index (χ0) is 34.4. The summed E-state index contributed by atoms with van der Waals surface area (Å²) in [6, 6.07) is 17.9. The lowest BCUT2D eigenvalue weighted by atomic mass is 9.88. The molecule has 1 fully saturated rings. The lowest BCUT2D eigenvalue weighted by Gasteiger charge is -2.36. The van der Waals surface area contributed by atoms with Crippen LogP contribution >= 0.6 is 0 Å². The van der Waals surface area contributed by atoms with Gasteiger partial charge in [-0.3, -0.25) is 4.79 Å². The van der Waals surface area contributed by atoms with Crippen LogP contribution in [0.5, 0.6) is 11.5 Å². The molecule has 48 heavy (non-hydrogen) atoms. The molecule has 13 heteroatoms. The van der Waals surface area contributed by atoms with Crippen molar-refractivity contribution in [3.8, 4) is 11.5 Å². The highest BCUT2D eigenvalue weighted by Gasteiger charge is 2.65. The van der Waals surface area contributed by atoms with E-state index in [4.69, 9.17) is 33.2 Å². The second kappa shape index (κ2) is 14.8. The van der Waals surface area contributed by atoms with Gasteiger partial charge in [0.05, 0.1) is 20.3 Å². The summed E-state index contributed by atoms with van der Waals surface area (Å²) in [4.78, 5) is 67.7. The van der Waals surface area contributed by atoms with Gasteiger partial charge >= 0.3 is 23.7 Å². The van der Waals surface area contributed by atoms with E-state index in [2.05, 4.69) is 0 Å². The molecule has 0 unspecified atom stereocenters. The quantitative estimate of drug-likeness (QED) is 0.114. The molecule has 2 aliphatic heterocycles. The van der Waals surface area contributed by atoms with E-state index in [1.807, 2.05) is 42.5 Å². The molecule has 4 atom stereocenters. The van der Waals surface area contributed by atoms with Crippen molar-refractivity contribution in [1.29, 1.82) is 0 Å². The average Bonchev–Trinajstić information content (AvgIpc) is 3.75. The Morgan fingerprint density at radius 1 is 0.896 bits per heavy atom. The lowest BCUT2D eigenvalue weighted by Crippen LogP contribution is -2.52. The number of methoxy groups -OCH3 is 1. The van der Waals surface area contributed by atoms with Crippen LogP contribution in [0.25, 0.3) is 10.8 Å². The Bertz CT molecular complexity index is 1670. The van der Waals surface area contributed by atoms with Crippen LogP contribution in [0.4, 0.5) is 0 Å². The van der Waals surface area contributed by atoms with Crippen LogP contribution in [0.15, 0.2) is 60.7 Å². The Morgan fingerprint density at radius 3 is 2.23 bits per heavy atom. The van der Waals surface area contributed by atoms with Crippen molar-refractivity contribution >= 4 is 40.9 Å². The van der Waals surface area contributed by atoms with Crippen LogP contribution < -0.4 is 9.47 Å². The minimum absolute atomic E-state index is 0.00961. The minimum Gasteiger partial charge on any atom is -0.467 e. The molecule has 5 rings (SSSR count). The maximum absolute atomic E-state index is 14.7. The van der Waals surface area contributed by atoms with Gasteiger partial charge in [-0.25, -0.2) is 14.4 Å². The first-order chi connectivity index (χ1) is 23.2. The van der Waals surface area contributed by atoms with Crippen LogP contribution in [0, 0.1) is 0 Å². The summed E-state index contributed by atoms with van der Waals surface area (Å²) in [6.45, 7) is 4.47. The summed E-state index contributed by atoms with van der Waals surface area (Å²) in [5, 5.41) is 1.91. The number of esters is 3. The van der Waals surface area contributed by atoms with E-state index in [-0.39, 0.29) is 33.0 Å². The highest BCUT2D eigenvalue weighted by atomic mass is 16.8. The number of rotatable bonds is 13. The van der Waals surface area contributed by atoms with Crippen molar-refractivity contribution in [2.45, 2.75) is 63.7 Å². The van der Waals surface area contributed by atoms with Crippen molar-refractivity contribution in [2.24, 2.45) is 0 Å². The second-order valence-electron chi connectivity index (χ2n) is 11.2. The maximum atomic E-state index is 14.7. The molecule has 1 saturated heterocycles. The number of hydrogen-bond donors (Lipinski definition) is 0. The third-order valence-electron chi connectivity index (χ3n) is 8.32. The Morgan fingerprint density at radius 2 is 1.56 bits per heavy atom. The molecule has 1 amide bonds. The summed E-state index contributed by atoms with van der Waals surface area (Å²) in [5.41, 5.74) is 1.41. The third kappa shape index (κ3) is 6.69. The highest BCUT2D eigenvalue weighted by molar-refractivity contribution is 6.04. The minimum atomic E-state index is -2.87. The normalized spacial score (nSPS) is 18.8. The number of nitrogens with zero attached hydrogens (tertiary/aromatic N) is 1. The molecule has 0 aliphatic carbocycles. The summed E-state index contributed by atoms with van der Waals surface area (Å²) in [7, 11) is 1.07. The molecule has 0 aromatic heterocycles. The van der Waals surface area contributed by atoms with E-state index in [0.29, 0.717) is 17.1 Å². The zero-order valence-electron chi connectivity index (χ0n) is 27.0. The van der Waals surface area contributed by atoms with Gasteiger partial charge < -0.3 is 42.9 Å². The number of carbonyl (C=O) groups is 5. The molecule has 3 aromatic rings. The predicted molar refractivity (Wildman–Crippen MR) is 168 cm³/mol. The Balaban J connectivity index is 1.59. The topological polar surface area (TPSA) is 153 Å². The third-order valence-corrected chi connectivity index (χ3v) is 8.32. The molecule has 2 aliphatic rings. The van der Waals surface area contributed by atoms with Gasteiger partial charge in [0.15, 0.2) is 23.7 Å². The first-order valence-corrected chi connectivity index (χ1v) is 15.6. The van der Waals surface area contributed by atoms with E-state index >= 15 is 0 Å². The largest absolute Gasteiger partial charge is 0.467 e. The molecule has 0 saturated carbocycles. The van der Waals surface area contributed by atoms with Crippen molar-refractivity contribution in [1.82, 2.24) is 4.90 Å². The monoisotopic (exact) mass is 663 g/mol. The SMILES string of the molecule is CCOC(=O)C1(C(=O)OCC)O[C@H](C(=O)OC)[C@@H](C(=O)N(Cc2ccc3ccccc3c2)[C@H](C)[C@H](CC=O)c2ccc3c(c2)OCO3)O1. The summed E-state index contributed by atoms with van der Waals surface area (Å²) >= 11 is 0. The smallest absolute Gasteiger partial charge is 0.379 e. The second-order valence-corrected chi connectivity index (χ2v) is 11.2. The van der Waals surface area contributed by atoms with Gasteiger partial charge in [0.2, 0.25) is 6.79 Å². The number of amides is 1. The maximum Gasteiger partial charge on any atom is 0.379 e. The Kier molecular flexibility index (Phi) is 10.6. The van der Waals surface area contributed by atoms with Crippen LogP contribution in [0.2, 0.25) is 0 Å². The van der Waals surface area contributed by atoms with Gasteiger partial charge in [-0.05, 0) is 60.9 Å². The van der Waals surface area contributed by atoms with Crippen molar-refractivity contribution in [2.75, 3.05) is 27.1 Å². The van der Waals surface area contributed by atoms with Crippen molar-refractivity contribution in [3.05, 3.63) is 71.8 Å². The van der Waals surface area contributed by atoms with E-state index in [1.165, 1.54) is 18.7 Å². The van der Waals surface area contributed by atoms with Crippen molar-refractivity contribution < 1.29 is 57.1 Å². The first-order valence-electron chi connectivity index (χ1n) is 15.6. The first kappa shape index (κ1) is 34.3. The van der Waals surface area contributed by atoms with Gasteiger partial charge in [0, 0.05) is 24.9 Å². The van der Waals surface area contributed by atoms with Gasteiger partial charge in [-0.15, -0.1) is 0 Å². The van der Waals surface area contributed by atoms with Gasteiger partial charge in [0.25, 0.3) is 5.91 Å². The van der Waals surface area contributed by atoms with Crippen molar-refractivity contribution in [3.63, 3.8) is 0 Å². The van der Waals surface area contributed by atoms with Crippen LogP contribution in [0.3, 0.4) is 0 Å². The molecule has 0 bridgehead atoms. The van der Waals surface area contributed by atoms with E-state index in [1.54, 1.807) is 25.1 Å². The standard InChI is InChI=1S/C35H37NO12/c1-5-43-33(40)35(34(41)44-6-2)47-29(30(48-35)32(39)42-4)31(38)36(19-22-11-12-23-9-7-8-10-24(23)17-22)21(3)26(15-16-37)25-13-14-27-28(18-25)46-20-45-27/h7-14,16-18,21,26,29-30H,5-6,15,19-20H2,1-4H3/t21-,26+,29+,30+/m1/s1. The fraction of sp³-hybridized carbons (Fsp3) is 0.400. The number of hydrogen-bond acceptors (Lipinski definition) is 12. The molecular formula is C35H37NO12. The van der Waals surface area contributed by atoms with Crippen LogP contribution in [0.1, 0.15) is 44.2 Å². The zero-order valence-corrected chi connectivity index (χ0v) is 27.0. The van der Waals surface area contributed by atoms with Gasteiger partial charge in [0.1, 0.15) is 6.29 Å². The molecule has 0 N–H and O–H groups in total. The van der Waals surface area contributed by atoms with Crippen LogP contribution in [-0.2, 0) is 54.2 Å². The molecule has 3 aromatic carbocycles. The fourth-order valence-electron chi connectivity index (χ4n) is 5.90. The summed E-state index contributed by atoms with van der Waals surface area (Å²) in [6.07, 6.45) is -2.93. The molecule has 0 radical (unpaired) electrons. The number of benzene rings is 3. The molecular weight excluding hydrogens is 626 g/mol. The van der Waals surface area contributed by atoms with Gasteiger partial charge in [-0.1, -0.05) is 42.5 Å². The number of aldehydes is 1. The highest BCUT2D eigenvalue weighted by Crippen LogP contribution is 2.39. The van der Waals surface area contributed by atoms with E-state index in [0.717, 1.165) is 29.7 Å². The number of fused-ring (bicyclic) bond motifs is 2. The molecule has 2 heterocycles. The molecule has 13 nitrogen and oxygen atoms in total. The van der Waals surface area contributed by atoms with Crippen LogP contribution in [-0.4, -0.2) is 86.2 Å². The fourth-order valence-corrected chi connectivity index (χ4v) is 5.90. The Hall–Kier alpha value is -5.01. The average molecular weight is 664 g/mol. The summed E-state index contributed by atoms with van der Waals surface area (Å²) in [5.74, 6) is -6.85. The number of ether oxygens (including phenoxy) is 7. The molecule has 0 spiro atoms. The summed E-state index contributed by atoms with van der Waals surface area (Å²) < 4.78 is 37.6. The van der Waals surface area contributed by atoms with Gasteiger partial charge in [-0.2, -0.15) is 0 Å².